The third kappa shape index (κ3) is 3.42. The molecule has 1 aromatic rings. The predicted octanol–water partition coefficient (Wildman–Crippen LogP) is 2.70. The number of likely N-dealkylation sites (tertiary alicyclic amines) is 1. The van der Waals surface area contributed by atoms with E-state index in [-0.39, 0.29) is 0 Å². The minimum Gasteiger partial charge on any atom is -0.481 e. The van der Waals surface area contributed by atoms with Gasteiger partial charge in [0.05, 0.1) is 7.11 Å². The molecule has 0 aliphatic carbocycles. The molecule has 2 heterocycles. The molecule has 1 fully saturated rings. The molecule has 0 radical (unpaired) electrons. The Labute approximate surface area is 111 Å². The third-order valence-corrected chi connectivity index (χ3v) is 4.17. The molecule has 4 heteroatoms. The first-order chi connectivity index (χ1) is 8.33. The monoisotopic (exact) mass is 298 g/mol. The van der Waals surface area contributed by atoms with Gasteiger partial charge in [-0.2, -0.15) is 0 Å². The van der Waals surface area contributed by atoms with Crippen molar-refractivity contribution in [2.24, 2.45) is 5.92 Å². The van der Waals surface area contributed by atoms with Crippen molar-refractivity contribution in [1.29, 1.82) is 0 Å². The molecule has 1 unspecified atom stereocenters. The molecule has 0 aromatic carbocycles. The Morgan fingerprint density at radius 1 is 1.59 bits per heavy atom. The van der Waals surface area contributed by atoms with E-state index in [0.29, 0.717) is 0 Å². The zero-order valence-corrected chi connectivity index (χ0v) is 11.8. The van der Waals surface area contributed by atoms with Gasteiger partial charge in [-0.25, -0.2) is 4.98 Å². The SMILES string of the molecule is COc1ncccc1CN1CCCC(CBr)C1. The lowest BCUT2D eigenvalue weighted by Gasteiger charge is -2.31. The van der Waals surface area contributed by atoms with Crippen LogP contribution in [-0.2, 0) is 6.54 Å². The summed E-state index contributed by atoms with van der Waals surface area (Å²) in [5, 5.41) is 1.10. The van der Waals surface area contributed by atoms with Crippen molar-refractivity contribution in [2.75, 3.05) is 25.5 Å². The molecular weight excluding hydrogens is 280 g/mol. The van der Waals surface area contributed by atoms with Gasteiger partial charge in [0.25, 0.3) is 0 Å². The van der Waals surface area contributed by atoms with E-state index in [1.165, 1.54) is 31.5 Å². The van der Waals surface area contributed by atoms with Crippen LogP contribution in [0.1, 0.15) is 18.4 Å². The first kappa shape index (κ1) is 12.8. The van der Waals surface area contributed by atoms with Gasteiger partial charge in [0.15, 0.2) is 0 Å². The van der Waals surface area contributed by atoms with Crippen molar-refractivity contribution < 1.29 is 4.74 Å². The first-order valence-electron chi connectivity index (χ1n) is 6.09. The Hall–Kier alpha value is -0.610. The summed E-state index contributed by atoms with van der Waals surface area (Å²) < 4.78 is 5.29. The molecule has 1 aliphatic rings. The molecule has 0 N–H and O–H groups in total. The van der Waals surface area contributed by atoms with Crippen LogP contribution in [-0.4, -0.2) is 35.4 Å². The van der Waals surface area contributed by atoms with Crippen molar-refractivity contribution in [1.82, 2.24) is 9.88 Å². The molecular formula is C13H19BrN2O. The first-order valence-corrected chi connectivity index (χ1v) is 7.22. The Morgan fingerprint density at radius 3 is 3.24 bits per heavy atom. The van der Waals surface area contributed by atoms with Crippen LogP contribution in [0, 0.1) is 5.92 Å². The number of hydrogen-bond acceptors (Lipinski definition) is 3. The summed E-state index contributed by atoms with van der Waals surface area (Å²) in [7, 11) is 1.68. The molecule has 1 atom stereocenters. The van der Waals surface area contributed by atoms with Gasteiger partial charge in [-0.15, -0.1) is 0 Å². The lowest BCUT2D eigenvalue weighted by Crippen LogP contribution is -2.35. The number of rotatable bonds is 4. The second-order valence-corrected chi connectivity index (χ2v) is 5.22. The molecule has 1 saturated heterocycles. The Morgan fingerprint density at radius 2 is 2.47 bits per heavy atom. The van der Waals surface area contributed by atoms with E-state index in [1.807, 2.05) is 6.07 Å². The van der Waals surface area contributed by atoms with Gasteiger partial charge in [0.2, 0.25) is 5.88 Å². The number of piperidine rings is 1. The van der Waals surface area contributed by atoms with Crippen LogP contribution < -0.4 is 4.74 Å². The molecule has 0 bridgehead atoms. The van der Waals surface area contributed by atoms with Crippen molar-refractivity contribution in [3.63, 3.8) is 0 Å². The van der Waals surface area contributed by atoms with Gasteiger partial charge < -0.3 is 4.74 Å². The standard InChI is InChI=1S/C13H19BrN2O/c1-17-13-12(5-2-6-15-13)10-16-7-3-4-11(8-14)9-16/h2,5-6,11H,3-4,7-10H2,1H3. The zero-order chi connectivity index (χ0) is 12.1. The zero-order valence-electron chi connectivity index (χ0n) is 10.2. The quantitative estimate of drug-likeness (QED) is 0.799. The highest BCUT2D eigenvalue weighted by Gasteiger charge is 2.19. The summed E-state index contributed by atoms with van der Waals surface area (Å²) in [6.45, 7) is 3.30. The van der Waals surface area contributed by atoms with E-state index in [9.17, 15) is 0 Å². The van der Waals surface area contributed by atoms with Crippen LogP contribution in [0.2, 0.25) is 0 Å². The molecule has 0 spiro atoms. The highest BCUT2D eigenvalue weighted by atomic mass is 79.9. The molecule has 2 rings (SSSR count). The Balaban J connectivity index is 2.00. The van der Waals surface area contributed by atoms with E-state index in [0.717, 1.165) is 23.7 Å². The molecule has 0 saturated carbocycles. The smallest absolute Gasteiger partial charge is 0.217 e. The van der Waals surface area contributed by atoms with Crippen LogP contribution in [0.25, 0.3) is 0 Å². The molecule has 1 aliphatic heterocycles. The number of ether oxygens (including phenoxy) is 1. The molecule has 1 aromatic heterocycles. The van der Waals surface area contributed by atoms with Gasteiger partial charge in [0, 0.05) is 30.2 Å². The van der Waals surface area contributed by atoms with Crippen molar-refractivity contribution >= 4 is 15.9 Å². The lowest BCUT2D eigenvalue weighted by atomic mass is 10.00. The van der Waals surface area contributed by atoms with Gasteiger partial charge >= 0.3 is 0 Å². The molecule has 94 valence electrons. The lowest BCUT2D eigenvalue weighted by molar-refractivity contribution is 0.177. The largest absolute Gasteiger partial charge is 0.481 e. The molecule has 3 nitrogen and oxygen atoms in total. The van der Waals surface area contributed by atoms with Crippen molar-refractivity contribution in [2.45, 2.75) is 19.4 Å². The fourth-order valence-corrected chi connectivity index (χ4v) is 2.92. The van der Waals surface area contributed by atoms with Crippen LogP contribution in [0.15, 0.2) is 18.3 Å². The van der Waals surface area contributed by atoms with Gasteiger partial charge in [-0.3, -0.25) is 4.90 Å². The van der Waals surface area contributed by atoms with E-state index in [2.05, 4.69) is 31.9 Å². The fourth-order valence-electron chi connectivity index (χ4n) is 2.39. The summed E-state index contributed by atoms with van der Waals surface area (Å²) in [6.07, 6.45) is 4.41. The van der Waals surface area contributed by atoms with E-state index < -0.39 is 0 Å². The molecule has 17 heavy (non-hydrogen) atoms. The summed E-state index contributed by atoms with van der Waals surface area (Å²) >= 11 is 3.59. The maximum absolute atomic E-state index is 5.29. The van der Waals surface area contributed by atoms with Crippen LogP contribution in [0.3, 0.4) is 0 Å². The van der Waals surface area contributed by atoms with Crippen LogP contribution >= 0.6 is 15.9 Å². The number of nitrogens with zero attached hydrogens (tertiary/aromatic N) is 2. The fraction of sp³-hybridized carbons (Fsp3) is 0.615. The summed E-state index contributed by atoms with van der Waals surface area (Å²) in [5.74, 6) is 1.54. The van der Waals surface area contributed by atoms with Gasteiger partial charge in [-0.05, 0) is 31.4 Å². The molecule has 0 amide bonds. The number of aromatic nitrogens is 1. The van der Waals surface area contributed by atoms with Gasteiger partial charge in [-0.1, -0.05) is 22.0 Å². The van der Waals surface area contributed by atoms with E-state index in [4.69, 9.17) is 4.74 Å². The normalized spacial score (nSPS) is 21.4. The van der Waals surface area contributed by atoms with Crippen molar-refractivity contribution in [3.05, 3.63) is 23.9 Å². The summed E-state index contributed by atoms with van der Waals surface area (Å²) in [6, 6.07) is 4.08. The van der Waals surface area contributed by atoms with Crippen molar-refractivity contribution in [3.8, 4) is 5.88 Å². The third-order valence-electron chi connectivity index (χ3n) is 3.26. The second-order valence-electron chi connectivity index (χ2n) is 4.57. The summed E-state index contributed by atoms with van der Waals surface area (Å²) in [5.41, 5.74) is 1.19. The van der Waals surface area contributed by atoms with Crippen LogP contribution in [0.4, 0.5) is 0 Å². The maximum atomic E-state index is 5.29. The average Bonchev–Trinajstić information content (AvgIpc) is 2.39. The number of hydrogen-bond donors (Lipinski definition) is 0. The number of alkyl halides is 1. The predicted molar refractivity (Wildman–Crippen MR) is 72.6 cm³/mol. The minimum absolute atomic E-state index is 0.758. The van der Waals surface area contributed by atoms with E-state index in [1.54, 1.807) is 13.3 Å². The minimum atomic E-state index is 0.758. The average molecular weight is 299 g/mol. The number of halogens is 1. The number of pyridine rings is 1. The maximum Gasteiger partial charge on any atom is 0.217 e. The van der Waals surface area contributed by atoms with Gasteiger partial charge in [0.1, 0.15) is 0 Å². The van der Waals surface area contributed by atoms with E-state index >= 15 is 0 Å². The topological polar surface area (TPSA) is 25.4 Å². The second kappa shape index (κ2) is 6.36. The Kier molecular flexibility index (Phi) is 4.80. The Bertz CT molecular complexity index is 359. The highest BCUT2D eigenvalue weighted by Crippen LogP contribution is 2.22. The van der Waals surface area contributed by atoms with Crippen LogP contribution in [0.5, 0.6) is 5.88 Å². The highest BCUT2D eigenvalue weighted by molar-refractivity contribution is 9.09. The number of methoxy groups -OCH3 is 1. The summed E-state index contributed by atoms with van der Waals surface area (Å²) in [4.78, 5) is 6.74.